The van der Waals surface area contributed by atoms with Crippen LogP contribution in [0.1, 0.15) is 25.7 Å². The van der Waals surface area contributed by atoms with E-state index in [-0.39, 0.29) is 6.67 Å². The first kappa shape index (κ1) is 10.3. The third-order valence-electron chi connectivity index (χ3n) is 3.44. The average Bonchev–Trinajstić information content (AvgIpc) is 2.66. The molecule has 2 fully saturated rings. The highest BCUT2D eigenvalue weighted by Crippen LogP contribution is 2.45. The fraction of sp³-hybridized carbons (Fsp3) is 1.00. The van der Waals surface area contributed by atoms with Crippen molar-refractivity contribution in [2.75, 3.05) is 26.4 Å². The molecule has 1 aliphatic carbocycles. The van der Waals surface area contributed by atoms with Crippen LogP contribution >= 0.6 is 0 Å². The van der Waals surface area contributed by atoms with Crippen LogP contribution in [0.5, 0.6) is 0 Å². The topological polar surface area (TPSA) is 44.5 Å². The zero-order valence-electron chi connectivity index (χ0n) is 8.43. The second-order valence-electron chi connectivity index (χ2n) is 4.48. The first-order valence-electron chi connectivity index (χ1n) is 5.28. The van der Waals surface area contributed by atoms with Gasteiger partial charge >= 0.3 is 0 Å². The molecule has 1 saturated carbocycles. The Morgan fingerprint density at radius 3 is 2.50 bits per heavy atom. The summed E-state index contributed by atoms with van der Waals surface area (Å²) in [6.07, 6.45) is 3.30. The van der Waals surface area contributed by atoms with Gasteiger partial charge in [-0.2, -0.15) is 0 Å². The van der Waals surface area contributed by atoms with Gasteiger partial charge in [0.1, 0.15) is 0 Å². The molecule has 0 aromatic heterocycles. The normalized spacial score (nSPS) is 36.4. The predicted molar refractivity (Wildman–Crippen MR) is 50.6 cm³/mol. The number of alkyl halides is 1. The highest BCUT2D eigenvalue weighted by atomic mass is 19.1. The van der Waals surface area contributed by atoms with Crippen LogP contribution in [0, 0.1) is 5.41 Å². The lowest BCUT2D eigenvalue weighted by molar-refractivity contribution is -0.202. The van der Waals surface area contributed by atoms with E-state index >= 15 is 0 Å². The van der Waals surface area contributed by atoms with Gasteiger partial charge in [0, 0.05) is 24.8 Å². The van der Waals surface area contributed by atoms with Gasteiger partial charge in [0.15, 0.2) is 5.79 Å². The Kier molecular flexibility index (Phi) is 2.77. The molecule has 0 unspecified atom stereocenters. The lowest BCUT2D eigenvalue weighted by Crippen LogP contribution is -2.47. The largest absolute Gasteiger partial charge is 0.348 e. The summed E-state index contributed by atoms with van der Waals surface area (Å²) in [6, 6.07) is 0. The Bertz CT molecular complexity index is 196. The molecule has 14 heavy (non-hydrogen) atoms. The summed E-state index contributed by atoms with van der Waals surface area (Å²) in [6.45, 7) is 1.29. The summed E-state index contributed by atoms with van der Waals surface area (Å²) in [7, 11) is 0. The van der Waals surface area contributed by atoms with Crippen molar-refractivity contribution >= 4 is 0 Å². The van der Waals surface area contributed by atoms with Crippen LogP contribution in [0.4, 0.5) is 4.39 Å². The van der Waals surface area contributed by atoms with Gasteiger partial charge < -0.3 is 15.2 Å². The molecule has 1 saturated heterocycles. The van der Waals surface area contributed by atoms with E-state index in [0.29, 0.717) is 26.2 Å². The summed E-state index contributed by atoms with van der Waals surface area (Å²) in [5.74, 6) is -0.510. The molecular formula is C10H18FNO2. The molecule has 0 amide bonds. The molecule has 1 aliphatic heterocycles. The zero-order chi connectivity index (χ0) is 10.1. The van der Waals surface area contributed by atoms with Gasteiger partial charge in [0.05, 0.1) is 19.9 Å². The van der Waals surface area contributed by atoms with Crippen molar-refractivity contribution in [3.8, 4) is 0 Å². The Hall–Kier alpha value is -0.190. The number of hydrogen-bond acceptors (Lipinski definition) is 3. The van der Waals surface area contributed by atoms with Crippen molar-refractivity contribution in [2.45, 2.75) is 31.5 Å². The van der Waals surface area contributed by atoms with Crippen LogP contribution in [-0.2, 0) is 9.47 Å². The molecule has 4 heteroatoms. The Morgan fingerprint density at radius 1 is 1.21 bits per heavy atom. The van der Waals surface area contributed by atoms with E-state index in [1.165, 1.54) is 0 Å². The summed E-state index contributed by atoms with van der Waals surface area (Å²) < 4.78 is 24.2. The van der Waals surface area contributed by atoms with Crippen LogP contribution in [-0.4, -0.2) is 32.2 Å². The molecule has 2 aliphatic rings. The standard InChI is InChI=1S/C10H18FNO2/c11-7-9(8-12)2-1-3-10(6-9)13-4-5-14-10/h1-8,12H2/t9-/m0/s1. The Labute approximate surface area is 83.7 Å². The summed E-state index contributed by atoms with van der Waals surface area (Å²) in [5.41, 5.74) is 5.25. The minimum atomic E-state index is -0.510. The number of nitrogens with two attached hydrogens (primary N) is 1. The Balaban J connectivity index is 2.09. The van der Waals surface area contributed by atoms with Gasteiger partial charge in [-0.15, -0.1) is 0 Å². The molecule has 1 spiro atoms. The van der Waals surface area contributed by atoms with Gasteiger partial charge in [-0.05, 0) is 12.8 Å². The van der Waals surface area contributed by atoms with Crippen molar-refractivity contribution in [1.82, 2.24) is 0 Å². The zero-order valence-corrected chi connectivity index (χ0v) is 8.43. The quantitative estimate of drug-likeness (QED) is 0.734. The van der Waals surface area contributed by atoms with Gasteiger partial charge in [-0.1, -0.05) is 0 Å². The molecule has 82 valence electrons. The predicted octanol–water partition coefficient (Wildman–Crippen LogP) is 1.22. The molecule has 1 atom stereocenters. The molecule has 0 bridgehead atoms. The lowest BCUT2D eigenvalue weighted by Gasteiger charge is -2.42. The van der Waals surface area contributed by atoms with Gasteiger partial charge in [0.2, 0.25) is 0 Å². The second-order valence-corrected chi connectivity index (χ2v) is 4.48. The van der Waals surface area contributed by atoms with Crippen LogP contribution in [0.3, 0.4) is 0 Å². The smallest absolute Gasteiger partial charge is 0.169 e. The van der Waals surface area contributed by atoms with E-state index in [4.69, 9.17) is 15.2 Å². The molecule has 2 rings (SSSR count). The molecule has 2 N–H and O–H groups in total. The third-order valence-corrected chi connectivity index (χ3v) is 3.44. The molecule has 0 aromatic rings. The van der Waals surface area contributed by atoms with Crippen molar-refractivity contribution in [1.29, 1.82) is 0 Å². The minimum absolute atomic E-state index is 0.363. The van der Waals surface area contributed by atoms with Crippen molar-refractivity contribution in [2.24, 2.45) is 11.1 Å². The van der Waals surface area contributed by atoms with E-state index in [9.17, 15) is 4.39 Å². The summed E-state index contributed by atoms with van der Waals surface area (Å²) >= 11 is 0. The van der Waals surface area contributed by atoms with Crippen molar-refractivity contribution in [3.05, 3.63) is 0 Å². The first-order valence-corrected chi connectivity index (χ1v) is 5.28. The third kappa shape index (κ3) is 1.66. The highest BCUT2D eigenvalue weighted by molar-refractivity contribution is 4.93. The minimum Gasteiger partial charge on any atom is -0.348 e. The maximum absolute atomic E-state index is 13.0. The van der Waals surface area contributed by atoms with E-state index in [1.54, 1.807) is 0 Å². The van der Waals surface area contributed by atoms with Crippen LogP contribution in [0.2, 0.25) is 0 Å². The number of hydrogen-bond donors (Lipinski definition) is 1. The lowest BCUT2D eigenvalue weighted by atomic mass is 9.72. The van der Waals surface area contributed by atoms with Crippen molar-refractivity contribution < 1.29 is 13.9 Å². The van der Waals surface area contributed by atoms with E-state index in [2.05, 4.69) is 0 Å². The van der Waals surface area contributed by atoms with Gasteiger partial charge in [-0.3, -0.25) is 4.39 Å². The van der Waals surface area contributed by atoms with Crippen LogP contribution < -0.4 is 5.73 Å². The van der Waals surface area contributed by atoms with Gasteiger partial charge in [0.25, 0.3) is 0 Å². The number of rotatable bonds is 2. The highest BCUT2D eigenvalue weighted by Gasteiger charge is 2.47. The average molecular weight is 203 g/mol. The maximum atomic E-state index is 13.0. The number of halogens is 1. The van der Waals surface area contributed by atoms with E-state index in [1.807, 2.05) is 0 Å². The monoisotopic (exact) mass is 203 g/mol. The van der Waals surface area contributed by atoms with Crippen molar-refractivity contribution in [3.63, 3.8) is 0 Å². The Morgan fingerprint density at radius 2 is 1.93 bits per heavy atom. The maximum Gasteiger partial charge on any atom is 0.169 e. The van der Waals surface area contributed by atoms with E-state index < -0.39 is 11.2 Å². The summed E-state index contributed by atoms with van der Waals surface area (Å²) in [5, 5.41) is 0. The van der Waals surface area contributed by atoms with E-state index in [0.717, 1.165) is 19.3 Å². The molecule has 3 nitrogen and oxygen atoms in total. The summed E-state index contributed by atoms with van der Waals surface area (Å²) in [4.78, 5) is 0. The molecular weight excluding hydrogens is 185 g/mol. The van der Waals surface area contributed by atoms with Crippen LogP contribution in [0.15, 0.2) is 0 Å². The second kappa shape index (κ2) is 3.76. The fourth-order valence-corrected chi connectivity index (χ4v) is 2.57. The first-order chi connectivity index (χ1) is 6.74. The number of ether oxygens (including phenoxy) is 2. The van der Waals surface area contributed by atoms with Gasteiger partial charge in [-0.25, -0.2) is 0 Å². The molecule has 0 aromatic carbocycles. The fourth-order valence-electron chi connectivity index (χ4n) is 2.57. The SMILES string of the molecule is NC[C@@]1(CF)CCCC2(C1)OCCO2. The van der Waals surface area contributed by atoms with Crippen LogP contribution in [0.25, 0.3) is 0 Å². The molecule has 0 radical (unpaired) electrons. The molecule has 1 heterocycles.